The third-order valence-electron chi connectivity index (χ3n) is 3.01. The standard InChI is InChI=1S/C16H30N4O2/c1-15(2,3)20(14(21)22-16(4,5)6)11-9-17-12-13-8-10-19(7)18-13/h8,10,17H,9,11-12H2,1-7H3. The van der Waals surface area contributed by atoms with E-state index in [2.05, 4.69) is 10.4 Å². The molecule has 0 aliphatic heterocycles. The second-order valence-electron chi connectivity index (χ2n) is 7.46. The largest absolute Gasteiger partial charge is 0.444 e. The Morgan fingerprint density at radius 3 is 2.41 bits per heavy atom. The van der Waals surface area contributed by atoms with Crippen molar-refractivity contribution < 1.29 is 9.53 Å². The lowest BCUT2D eigenvalue weighted by Gasteiger charge is -2.36. The Balaban J connectivity index is 2.50. The monoisotopic (exact) mass is 310 g/mol. The molecule has 1 rings (SSSR count). The Kier molecular flexibility index (Phi) is 6.00. The van der Waals surface area contributed by atoms with Gasteiger partial charge in [-0.1, -0.05) is 0 Å². The number of amides is 1. The first-order valence-electron chi connectivity index (χ1n) is 7.69. The summed E-state index contributed by atoms with van der Waals surface area (Å²) in [7, 11) is 1.90. The van der Waals surface area contributed by atoms with Gasteiger partial charge in [0.15, 0.2) is 0 Å². The zero-order chi connectivity index (χ0) is 17.0. The quantitative estimate of drug-likeness (QED) is 0.849. The lowest BCUT2D eigenvalue weighted by atomic mass is 10.1. The lowest BCUT2D eigenvalue weighted by molar-refractivity contribution is 0.00663. The fourth-order valence-electron chi connectivity index (χ4n) is 1.98. The van der Waals surface area contributed by atoms with E-state index < -0.39 is 5.60 Å². The number of rotatable bonds is 5. The topological polar surface area (TPSA) is 59.4 Å². The van der Waals surface area contributed by atoms with Crippen molar-refractivity contribution in [2.45, 2.75) is 59.2 Å². The van der Waals surface area contributed by atoms with Crippen LogP contribution in [0.2, 0.25) is 0 Å². The smallest absolute Gasteiger partial charge is 0.410 e. The van der Waals surface area contributed by atoms with Gasteiger partial charge < -0.3 is 15.0 Å². The maximum atomic E-state index is 12.3. The summed E-state index contributed by atoms with van der Waals surface area (Å²) in [4.78, 5) is 14.1. The summed E-state index contributed by atoms with van der Waals surface area (Å²) in [6.45, 7) is 13.6. The molecule has 1 heterocycles. The summed E-state index contributed by atoms with van der Waals surface area (Å²) in [5.74, 6) is 0. The van der Waals surface area contributed by atoms with Crippen LogP contribution in [0.4, 0.5) is 4.79 Å². The number of nitrogens with zero attached hydrogens (tertiary/aromatic N) is 3. The molecule has 126 valence electrons. The van der Waals surface area contributed by atoms with Crippen molar-refractivity contribution in [2.75, 3.05) is 13.1 Å². The summed E-state index contributed by atoms with van der Waals surface area (Å²) >= 11 is 0. The van der Waals surface area contributed by atoms with Gasteiger partial charge in [0.1, 0.15) is 5.60 Å². The molecule has 22 heavy (non-hydrogen) atoms. The predicted molar refractivity (Wildman–Crippen MR) is 87.6 cm³/mol. The summed E-state index contributed by atoms with van der Waals surface area (Å²) in [6, 6.07) is 1.97. The van der Waals surface area contributed by atoms with Crippen LogP contribution in [0, 0.1) is 0 Å². The van der Waals surface area contributed by atoms with E-state index in [-0.39, 0.29) is 11.6 Å². The molecule has 6 nitrogen and oxygen atoms in total. The van der Waals surface area contributed by atoms with E-state index in [0.29, 0.717) is 19.6 Å². The van der Waals surface area contributed by atoms with Gasteiger partial charge in [0.05, 0.1) is 5.69 Å². The van der Waals surface area contributed by atoms with Gasteiger partial charge in [-0.2, -0.15) is 5.10 Å². The number of aromatic nitrogens is 2. The maximum absolute atomic E-state index is 12.3. The first-order valence-corrected chi connectivity index (χ1v) is 7.69. The summed E-state index contributed by atoms with van der Waals surface area (Å²) in [5.41, 5.74) is 0.221. The average Bonchev–Trinajstić information content (AvgIpc) is 2.70. The van der Waals surface area contributed by atoms with Crippen LogP contribution in [0.1, 0.15) is 47.2 Å². The lowest BCUT2D eigenvalue weighted by Crippen LogP contribution is -2.50. The number of carbonyl (C=O) groups excluding carboxylic acids is 1. The molecule has 0 aliphatic carbocycles. The summed E-state index contributed by atoms with van der Waals surface area (Å²) in [5, 5.41) is 7.62. The van der Waals surface area contributed by atoms with Gasteiger partial charge in [-0.15, -0.1) is 0 Å². The highest BCUT2D eigenvalue weighted by Crippen LogP contribution is 2.17. The van der Waals surface area contributed by atoms with E-state index in [9.17, 15) is 4.79 Å². The molecule has 0 fully saturated rings. The molecule has 0 unspecified atom stereocenters. The number of hydrogen-bond acceptors (Lipinski definition) is 4. The van der Waals surface area contributed by atoms with Crippen LogP contribution >= 0.6 is 0 Å². The van der Waals surface area contributed by atoms with E-state index in [0.717, 1.165) is 5.69 Å². The number of ether oxygens (including phenoxy) is 1. The maximum Gasteiger partial charge on any atom is 0.410 e. The van der Waals surface area contributed by atoms with Crippen molar-refractivity contribution in [2.24, 2.45) is 7.05 Å². The van der Waals surface area contributed by atoms with Crippen LogP contribution < -0.4 is 5.32 Å². The number of hydrogen-bond donors (Lipinski definition) is 1. The van der Waals surface area contributed by atoms with Gasteiger partial charge in [-0.3, -0.25) is 4.68 Å². The highest BCUT2D eigenvalue weighted by molar-refractivity contribution is 5.69. The molecular formula is C16H30N4O2. The van der Waals surface area contributed by atoms with Gasteiger partial charge in [0.2, 0.25) is 0 Å². The Bertz CT molecular complexity index is 483. The third-order valence-corrected chi connectivity index (χ3v) is 3.01. The Labute approximate surface area is 133 Å². The fraction of sp³-hybridized carbons (Fsp3) is 0.750. The normalized spacial score (nSPS) is 12.3. The van der Waals surface area contributed by atoms with E-state index in [4.69, 9.17) is 4.74 Å². The van der Waals surface area contributed by atoms with E-state index in [1.807, 2.05) is 60.9 Å². The summed E-state index contributed by atoms with van der Waals surface area (Å²) < 4.78 is 7.27. The molecule has 0 spiro atoms. The highest BCUT2D eigenvalue weighted by Gasteiger charge is 2.30. The fourth-order valence-corrected chi connectivity index (χ4v) is 1.98. The van der Waals surface area contributed by atoms with Gasteiger partial charge in [-0.05, 0) is 47.6 Å². The van der Waals surface area contributed by atoms with Crippen LogP contribution in [0.15, 0.2) is 12.3 Å². The number of aryl methyl sites for hydroxylation is 1. The summed E-state index contributed by atoms with van der Waals surface area (Å²) in [6.07, 6.45) is 1.64. The molecule has 1 amide bonds. The number of nitrogens with one attached hydrogen (secondary N) is 1. The van der Waals surface area contributed by atoms with Crippen LogP contribution in [0.25, 0.3) is 0 Å². The molecule has 0 saturated carbocycles. The van der Waals surface area contributed by atoms with Gasteiger partial charge >= 0.3 is 6.09 Å². The minimum Gasteiger partial charge on any atom is -0.444 e. The molecule has 0 saturated heterocycles. The van der Waals surface area contributed by atoms with E-state index in [1.54, 1.807) is 9.58 Å². The first kappa shape index (κ1) is 18.5. The van der Waals surface area contributed by atoms with Crippen molar-refractivity contribution in [3.8, 4) is 0 Å². The van der Waals surface area contributed by atoms with Crippen molar-refractivity contribution in [3.63, 3.8) is 0 Å². The molecular weight excluding hydrogens is 280 g/mol. The molecule has 1 N–H and O–H groups in total. The minimum absolute atomic E-state index is 0.278. The molecule has 0 radical (unpaired) electrons. The van der Waals surface area contributed by atoms with Gasteiger partial charge in [-0.25, -0.2) is 4.79 Å². The van der Waals surface area contributed by atoms with Gasteiger partial charge in [0.25, 0.3) is 0 Å². The SMILES string of the molecule is Cn1ccc(CNCCN(C(=O)OC(C)(C)C)C(C)(C)C)n1. The average molecular weight is 310 g/mol. The molecule has 0 atom stereocenters. The molecule has 0 aliphatic rings. The van der Waals surface area contributed by atoms with Crippen LogP contribution in [0.5, 0.6) is 0 Å². The Hall–Kier alpha value is -1.56. The van der Waals surface area contributed by atoms with Crippen LogP contribution in [-0.2, 0) is 18.3 Å². The zero-order valence-corrected chi connectivity index (χ0v) is 14.9. The Morgan fingerprint density at radius 1 is 1.32 bits per heavy atom. The second kappa shape index (κ2) is 7.13. The van der Waals surface area contributed by atoms with Crippen molar-refractivity contribution >= 4 is 6.09 Å². The molecule has 1 aromatic rings. The third kappa shape index (κ3) is 6.47. The van der Waals surface area contributed by atoms with Crippen LogP contribution in [-0.4, -0.2) is 45.0 Å². The highest BCUT2D eigenvalue weighted by atomic mass is 16.6. The Morgan fingerprint density at radius 2 is 1.95 bits per heavy atom. The second-order valence-corrected chi connectivity index (χ2v) is 7.46. The van der Waals surface area contributed by atoms with E-state index in [1.165, 1.54) is 0 Å². The molecule has 0 bridgehead atoms. The minimum atomic E-state index is -0.484. The predicted octanol–water partition coefficient (Wildman–Crippen LogP) is 2.55. The van der Waals surface area contributed by atoms with Crippen LogP contribution in [0.3, 0.4) is 0 Å². The zero-order valence-electron chi connectivity index (χ0n) is 14.9. The first-order chi connectivity index (χ1) is 9.99. The molecule has 6 heteroatoms. The molecule has 1 aromatic heterocycles. The van der Waals surface area contributed by atoms with Crippen molar-refractivity contribution in [3.05, 3.63) is 18.0 Å². The van der Waals surface area contributed by atoms with E-state index >= 15 is 0 Å². The molecule has 0 aromatic carbocycles. The number of carbonyl (C=O) groups is 1. The van der Waals surface area contributed by atoms with Gasteiger partial charge in [0, 0.05) is 38.4 Å². The van der Waals surface area contributed by atoms with Crippen molar-refractivity contribution in [1.29, 1.82) is 0 Å². The van der Waals surface area contributed by atoms with Crippen molar-refractivity contribution in [1.82, 2.24) is 20.0 Å².